The molecular formula is C12H15Cl2NOS. The van der Waals surface area contributed by atoms with Crippen LogP contribution in [0, 0.1) is 5.92 Å². The Balaban J connectivity index is 2.04. The molecule has 1 aromatic rings. The molecule has 2 unspecified atom stereocenters. The zero-order valence-electron chi connectivity index (χ0n) is 9.27. The summed E-state index contributed by atoms with van der Waals surface area (Å²) < 4.78 is 0. The van der Waals surface area contributed by atoms with Crippen molar-refractivity contribution in [3.05, 3.63) is 28.2 Å². The molecule has 2 rings (SSSR count). The molecule has 2 atom stereocenters. The highest BCUT2D eigenvalue weighted by molar-refractivity contribution is 8.00. The molecule has 0 amide bonds. The topological polar surface area (TPSA) is 46.2 Å². The van der Waals surface area contributed by atoms with Crippen LogP contribution >= 0.6 is 35.0 Å². The third kappa shape index (κ3) is 3.52. The molecule has 0 radical (unpaired) electrons. The summed E-state index contributed by atoms with van der Waals surface area (Å²) in [5.41, 5.74) is 6.11. The van der Waals surface area contributed by atoms with Crippen molar-refractivity contribution < 1.29 is 5.11 Å². The molecule has 1 saturated carbocycles. The minimum absolute atomic E-state index is 0.0275. The number of halogens is 2. The summed E-state index contributed by atoms with van der Waals surface area (Å²) in [7, 11) is 0. The van der Waals surface area contributed by atoms with E-state index in [4.69, 9.17) is 28.9 Å². The van der Waals surface area contributed by atoms with Crippen LogP contribution in [0.1, 0.15) is 12.8 Å². The average Bonchev–Trinajstić information content (AvgIpc) is 3.13. The number of rotatable bonds is 5. The second kappa shape index (κ2) is 5.81. The van der Waals surface area contributed by atoms with Crippen LogP contribution in [0.15, 0.2) is 23.1 Å². The maximum atomic E-state index is 9.40. The van der Waals surface area contributed by atoms with Gasteiger partial charge in [0.05, 0.1) is 16.7 Å². The summed E-state index contributed by atoms with van der Waals surface area (Å²) in [5.74, 6) is 0.572. The molecule has 1 fully saturated rings. The van der Waals surface area contributed by atoms with Crippen LogP contribution in [0.4, 0.5) is 0 Å². The third-order valence-electron chi connectivity index (χ3n) is 2.95. The van der Waals surface area contributed by atoms with Gasteiger partial charge in [-0.2, -0.15) is 0 Å². The first-order valence-corrected chi connectivity index (χ1v) is 7.23. The smallest absolute Gasteiger partial charge is 0.0603 e. The van der Waals surface area contributed by atoms with E-state index in [1.54, 1.807) is 17.8 Å². The Morgan fingerprint density at radius 1 is 1.35 bits per heavy atom. The zero-order valence-corrected chi connectivity index (χ0v) is 11.6. The van der Waals surface area contributed by atoms with Crippen molar-refractivity contribution in [3.8, 4) is 0 Å². The Bertz CT molecular complexity index is 398. The molecule has 1 aliphatic rings. The lowest BCUT2D eigenvalue weighted by atomic mass is 10.1. The van der Waals surface area contributed by atoms with Gasteiger partial charge in [0, 0.05) is 16.2 Å². The van der Waals surface area contributed by atoms with Crippen molar-refractivity contribution in [2.45, 2.75) is 29.0 Å². The number of benzene rings is 1. The van der Waals surface area contributed by atoms with Crippen LogP contribution < -0.4 is 5.73 Å². The molecule has 0 heterocycles. The molecule has 0 bridgehead atoms. The van der Waals surface area contributed by atoms with Gasteiger partial charge in [0.15, 0.2) is 0 Å². The number of hydrogen-bond donors (Lipinski definition) is 2. The van der Waals surface area contributed by atoms with Gasteiger partial charge in [-0.25, -0.2) is 0 Å². The number of hydrogen-bond acceptors (Lipinski definition) is 3. The highest BCUT2D eigenvalue weighted by atomic mass is 35.5. The Labute approximate surface area is 115 Å². The molecule has 2 nitrogen and oxygen atoms in total. The van der Waals surface area contributed by atoms with Gasteiger partial charge in [-0.1, -0.05) is 23.2 Å². The summed E-state index contributed by atoms with van der Waals surface area (Å²) >= 11 is 13.4. The minimum atomic E-state index is 0.0275. The highest BCUT2D eigenvalue weighted by Crippen LogP contribution is 2.38. The Morgan fingerprint density at radius 3 is 2.59 bits per heavy atom. The predicted octanol–water partition coefficient (Wildman–Crippen LogP) is 3.18. The lowest BCUT2D eigenvalue weighted by Gasteiger charge is -2.21. The van der Waals surface area contributed by atoms with Crippen LogP contribution in [0.5, 0.6) is 0 Å². The summed E-state index contributed by atoms with van der Waals surface area (Å²) in [6, 6.07) is 5.54. The predicted molar refractivity (Wildman–Crippen MR) is 73.9 cm³/mol. The molecule has 94 valence electrons. The van der Waals surface area contributed by atoms with Gasteiger partial charge in [0.1, 0.15) is 0 Å². The molecule has 0 spiro atoms. The minimum Gasteiger partial charge on any atom is -0.395 e. The molecule has 5 heteroatoms. The lowest BCUT2D eigenvalue weighted by molar-refractivity contribution is 0.277. The molecule has 0 aliphatic heterocycles. The first-order valence-electron chi connectivity index (χ1n) is 5.60. The fraction of sp³-hybridized carbons (Fsp3) is 0.500. The van der Waals surface area contributed by atoms with Crippen LogP contribution in [-0.4, -0.2) is 23.0 Å². The van der Waals surface area contributed by atoms with Gasteiger partial charge in [-0.3, -0.25) is 0 Å². The Hall–Kier alpha value is 0.0700. The zero-order chi connectivity index (χ0) is 12.4. The number of aliphatic hydroxyl groups is 1. The van der Waals surface area contributed by atoms with E-state index in [1.807, 2.05) is 12.1 Å². The molecule has 1 aromatic carbocycles. The van der Waals surface area contributed by atoms with Gasteiger partial charge in [0.2, 0.25) is 0 Å². The first-order chi connectivity index (χ1) is 8.11. The Kier molecular flexibility index (Phi) is 4.61. The van der Waals surface area contributed by atoms with Crippen LogP contribution in [0.2, 0.25) is 10.0 Å². The van der Waals surface area contributed by atoms with Gasteiger partial charge >= 0.3 is 0 Å². The SMILES string of the molecule is NC(C1CC1)C(CO)Sc1ccc(Cl)c(Cl)c1. The number of nitrogens with two attached hydrogens (primary N) is 1. The van der Waals surface area contributed by atoms with Gasteiger partial charge in [-0.05, 0) is 37.0 Å². The normalized spacial score (nSPS) is 19.1. The van der Waals surface area contributed by atoms with Crippen molar-refractivity contribution in [3.63, 3.8) is 0 Å². The van der Waals surface area contributed by atoms with Crippen molar-refractivity contribution in [1.82, 2.24) is 0 Å². The fourth-order valence-electron chi connectivity index (χ4n) is 1.75. The number of thioether (sulfide) groups is 1. The molecule has 1 aliphatic carbocycles. The summed E-state index contributed by atoms with van der Waals surface area (Å²) in [6.07, 6.45) is 2.36. The molecule has 3 N–H and O–H groups in total. The summed E-state index contributed by atoms with van der Waals surface area (Å²) in [5, 5.41) is 10.5. The monoisotopic (exact) mass is 291 g/mol. The fourth-order valence-corrected chi connectivity index (χ4v) is 3.25. The van der Waals surface area contributed by atoms with Gasteiger partial charge in [-0.15, -0.1) is 11.8 Å². The van der Waals surface area contributed by atoms with Crippen LogP contribution in [0.25, 0.3) is 0 Å². The molecular weight excluding hydrogens is 277 g/mol. The molecule has 0 saturated heterocycles. The summed E-state index contributed by atoms with van der Waals surface area (Å²) in [4.78, 5) is 0.995. The van der Waals surface area contributed by atoms with E-state index in [1.165, 1.54) is 12.8 Å². The largest absolute Gasteiger partial charge is 0.395 e. The Morgan fingerprint density at radius 2 is 2.06 bits per heavy atom. The van der Waals surface area contributed by atoms with E-state index < -0.39 is 0 Å². The van der Waals surface area contributed by atoms with Crippen molar-refractivity contribution >= 4 is 35.0 Å². The number of aliphatic hydroxyl groups excluding tert-OH is 1. The third-order valence-corrected chi connectivity index (χ3v) is 4.99. The second-order valence-corrected chi connectivity index (χ2v) is 6.46. The van der Waals surface area contributed by atoms with Crippen LogP contribution in [0.3, 0.4) is 0 Å². The maximum absolute atomic E-state index is 9.40. The second-order valence-electron chi connectivity index (χ2n) is 4.33. The average molecular weight is 292 g/mol. The van der Waals surface area contributed by atoms with E-state index >= 15 is 0 Å². The standard InChI is InChI=1S/C12H15Cl2NOS/c13-9-4-3-8(5-10(9)14)17-11(6-16)12(15)7-1-2-7/h3-5,7,11-12,16H,1-2,6,15H2. The van der Waals surface area contributed by atoms with Crippen LogP contribution in [-0.2, 0) is 0 Å². The van der Waals surface area contributed by atoms with Gasteiger partial charge < -0.3 is 10.8 Å². The van der Waals surface area contributed by atoms with E-state index in [-0.39, 0.29) is 17.9 Å². The van der Waals surface area contributed by atoms with Crippen molar-refractivity contribution in [2.24, 2.45) is 11.7 Å². The van der Waals surface area contributed by atoms with Gasteiger partial charge in [0.25, 0.3) is 0 Å². The maximum Gasteiger partial charge on any atom is 0.0603 e. The first kappa shape index (κ1) is 13.5. The molecule has 17 heavy (non-hydrogen) atoms. The lowest BCUT2D eigenvalue weighted by Crippen LogP contribution is -2.36. The van der Waals surface area contributed by atoms with Crippen molar-refractivity contribution in [1.29, 1.82) is 0 Å². The van der Waals surface area contributed by atoms with E-state index in [0.717, 1.165) is 4.90 Å². The van der Waals surface area contributed by atoms with Crippen molar-refractivity contribution in [2.75, 3.05) is 6.61 Å². The van der Waals surface area contributed by atoms with E-state index in [9.17, 15) is 5.11 Å². The summed E-state index contributed by atoms with van der Waals surface area (Å²) in [6.45, 7) is 0.0859. The van der Waals surface area contributed by atoms with E-state index in [2.05, 4.69) is 0 Å². The van der Waals surface area contributed by atoms with E-state index in [0.29, 0.717) is 16.0 Å². The quantitative estimate of drug-likeness (QED) is 0.819. The molecule has 0 aromatic heterocycles. The highest BCUT2D eigenvalue weighted by Gasteiger charge is 2.34.